The fraction of sp³-hybridized carbons (Fsp3) is 0.455. The molecule has 0 spiro atoms. The van der Waals surface area contributed by atoms with Crippen molar-refractivity contribution >= 4 is 0 Å². The second kappa shape index (κ2) is 3.28. The maximum absolute atomic E-state index is 9.64. The quantitative estimate of drug-likeness (QED) is 0.672. The molecule has 0 saturated heterocycles. The molecule has 1 fully saturated rings. The highest BCUT2D eigenvalue weighted by molar-refractivity contribution is 5.21. The first kappa shape index (κ1) is 7.81. The van der Waals surface area contributed by atoms with Crippen LogP contribution in [0, 0.1) is 0 Å². The van der Waals surface area contributed by atoms with Gasteiger partial charge >= 0.3 is 0 Å². The molecular weight excluding hydrogens is 148 g/mol. The Bertz CT molecular complexity index is 242. The van der Waals surface area contributed by atoms with Crippen LogP contribution in [0.4, 0.5) is 0 Å². The first-order chi connectivity index (χ1) is 5.88. The summed E-state index contributed by atoms with van der Waals surface area (Å²) in [5.74, 6) is 0.395. The van der Waals surface area contributed by atoms with Crippen LogP contribution in [-0.4, -0.2) is 11.2 Å². The summed E-state index contributed by atoms with van der Waals surface area (Å²) in [6.07, 6.45) is 3.18. The molecule has 1 saturated carbocycles. The Morgan fingerprint density at radius 2 is 1.83 bits per heavy atom. The number of benzene rings is 1. The topological polar surface area (TPSA) is 20.2 Å². The van der Waals surface area contributed by atoms with E-state index in [1.807, 2.05) is 18.2 Å². The lowest BCUT2D eigenvalue weighted by Crippen LogP contribution is -2.10. The van der Waals surface area contributed by atoms with Crippen molar-refractivity contribution in [2.45, 2.75) is 31.3 Å². The molecule has 1 aliphatic rings. The lowest BCUT2D eigenvalue weighted by molar-refractivity contribution is 0.164. The van der Waals surface area contributed by atoms with Crippen molar-refractivity contribution in [3.05, 3.63) is 35.9 Å². The van der Waals surface area contributed by atoms with E-state index >= 15 is 0 Å². The van der Waals surface area contributed by atoms with Gasteiger partial charge in [-0.15, -0.1) is 0 Å². The highest BCUT2D eigenvalue weighted by Crippen LogP contribution is 2.34. The van der Waals surface area contributed by atoms with Gasteiger partial charge in [-0.05, 0) is 18.4 Å². The van der Waals surface area contributed by atoms with E-state index in [0.29, 0.717) is 5.92 Å². The summed E-state index contributed by atoms with van der Waals surface area (Å²) in [7, 11) is 0. The number of aliphatic hydroxyl groups excluding tert-OH is 1. The summed E-state index contributed by atoms with van der Waals surface area (Å²) >= 11 is 0. The zero-order valence-corrected chi connectivity index (χ0v) is 7.11. The largest absolute Gasteiger partial charge is 0.392 e. The molecule has 64 valence electrons. The van der Waals surface area contributed by atoms with Crippen LogP contribution in [-0.2, 0) is 0 Å². The van der Waals surface area contributed by atoms with Gasteiger partial charge in [0, 0.05) is 5.92 Å². The Balaban J connectivity index is 2.19. The molecule has 1 unspecified atom stereocenters. The van der Waals surface area contributed by atoms with Gasteiger partial charge in [0.1, 0.15) is 0 Å². The van der Waals surface area contributed by atoms with Crippen LogP contribution in [0.25, 0.3) is 0 Å². The third kappa shape index (κ3) is 1.37. The molecule has 0 bridgehead atoms. The molecule has 1 aromatic rings. The predicted octanol–water partition coefficient (Wildman–Crippen LogP) is 2.32. The van der Waals surface area contributed by atoms with Gasteiger partial charge in [0.15, 0.2) is 0 Å². The smallest absolute Gasteiger partial charge is 0.0608 e. The van der Waals surface area contributed by atoms with E-state index in [-0.39, 0.29) is 6.10 Å². The zero-order chi connectivity index (χ0) is 8.39. The number of hydrogen-bond acceptors (Lipinski definition) is 1. The van der Waals surface area contributed by atoms with Gasteiger partial charge in [-0.2, -0.15) is 0 Å². The van der Waals surface area contributed by atoms with Crippen molar-refractivity contribution in [3.8, 4) is 0 Å². The summed E-state index contributed by atoms with van der Waals surface area (Å²) in [6, 6.07) is 10.3. The number of rotatable bonds is 1. The van der Waals surface area contributed by atoms with E-state index < -0.39 is 0 Å². The second-order valence-electron chi connectivity index (χ2n) is 3.52. The van der Waals surface area contributed by atoms with Gasteiger partial charge in [0.25, 0.3) is 0 Å². The molecule has 12 heavy (non-hydrogen) atoms. The van der Waals surface area contributed by atoms with Crippen LogP contribution in [0.15, 0.2) is 30.3 Å². The maximum Gasteiger partial charge on any atom is 0.0608 e. The van der Waals surface area contributed by atoms with Crippen molar-refractivity contribution in [2.75, 3.05) is 0 Å². The molecule has 1 aromatic carbocycles. The predicted molar refractivity (Wildman–Crippen MR) is 49.0 cm³/mol. The van der Waals surface area contributed by atoms with E-state index in [1.165, 1.54) is 12.0 Å². The van der Waals surface area contributed by atoms with Crippen molar-refractivity contribution in [1.29, 1.82) is 0 Å². The van der Waals surface area contributed by atoms with Crippen molar-refractivity contribution in [1.82, 2.24) is 0 Å². The Hall–Kier alpha value is -0.820. The van der Waals surface area contributed by atoms with E-state index in [0.717, 1.165) is 12.8 Å². The van der Waals surface area contributed by atoms with E-state index in [1.54, 1.807) is 0 Å². The first-order valence-electron chi connectivity index (χ1n) is 4.61. The normalized spacial score (nSPS) is 29.1. The molecule has 2 atom stereocenters. The summed E-state index contributed by atoms with van der Waals surface area (Å²) in [6.45, 7) is 0. The lowest BCUT2D eigenvalue weighted by Gasteiger charge is -2.13. The highest BCUT2D eigenvalue weighted by Gasteiger charge is 2.25. The Kier molecular flexibility index (Phi) is 2.13. The van der Waals surface area contributed by atoms with Gasteiger partial charge in [0.05, 0.1) is 6.10 Å². The molecule has 0 heterocycles. The maximum atomic E-state index is 9.64. The van der Waals surface area contributed by atoms with Crippen molar-refractivity contribution < 1.29 is 5.11 Å². The number of hydrogen-bond donors (Lipinski definition) is 1. The molecule has 1 N–H and O–H groups in total. The highest BCUT2D eigenvalue weighted by atomic mass is 16.3. The molecule has 2 rings (SSSR count). The number of aliphatic hydroxyl groups is 1. The molecule has 0 radical (unpaired) electrons. The SMILES string of the molecule is OC1CCC[C@H]1c1ccccc1. The monoisotopic (exact) mass is 162 g/mol. The molecule has 0 amide bonds. The van der Waals surface area contributed by atoms with Crippen LogP contribution >= 0.6 is 0 Å². The zero-order valence-electron chi connectivity index (χ0n) is 7.11. The van der Waals surface area contributed by atoms with Crippen LogP contribution in [0.1, 0.15) is 30.7 Å². The molecule has 1 nitrogen and oxygen atoms in total. The fourth-order valence-corrected chi connectivity index (χ4v) is 2.03. The van der Waals surface area contributed by atoms with Gasteiger partial charge < -0.3 is 5.11 Å². The third-order valence-electron chi connectivity index (χ3n) is 2.71. The van der Waals surface area contributed by atoms with Crippen molar-refractivity contribution in [2.24, 2.45) is 0 Å². The van der Waals surface area contributed by atoms with E-state index in [2.05, 4.69) is 12.1 Å². The third-order valence-corrected chi connectivity index (χ3v) is 2.71. The average Bonchev–Trinajstić information content (AvgIpc) is 2.53. The molecule has 0 aromatic heterocycles. The summed E-state index contributed by atoms with van der Waals surface area (Å²) in [5.41, 5.74) is 1.29. The minimum Gasteiger partial charge on any atom is -0.392 e. The Labute approximate surface area is 73.0 Å². The van der Waals surface area contributed by atoms with E-state index in [4.69, 9.17) is 0 Å². The minimum absolute atomic E-state index is 0.104. The van der Waals surface area contributed by atoms with Crippen molar-refractivity contribution in [3.63, 3.8) is 0 Å². The van der Waals surface area contributed by atoms with Gasteiger partial charge in [-0.1, -0.05) is 36.8 Å². The van der Waals surface area contributed by atoms with Gasteiger partial charge in [-0.25, -0.2) is 0 Å². The Morgan fingerprint density at radius 1 is 1.08 bits per heavy atom. The lowest BCUT2D eigenvalue weighted by atomic mass is 9.96. The second-order valence-corrected chi connectivity index (χ2v) is 3.52. The average molecular weight is 162 g/mol. The molecule has 1 aliphatic carbocycles. The first-order valence-corrected chi connectivity index (χ1v) is 4.61. The standard InChI is InChI=1S/C11H14O/c12-11-8-4-7-10(11)9-5-2-1-3-6-9/h1-3,5-6,10-12H,4,7-8H2/t10-,11?/m0/s1. The molecular formula is C11H14O. The van der Waals surface area contributed by atoms with Crippen LogP contribution < -0.4 is 0 Å². The summed E-state index contributed by atoms with van der Waals surface area (Å²) < 4.78 is 0. The fourth-order valence-electron chi connectivity index (χ4n) is 2.03. The van der Waals surface area contributed by atoms with Crippen LogP contribution in [0.5, 0.6) is 0 Å². The van der Waals surface area contributed by atoms with Gasteiger partial charge in [-0.3, -0.25) is 0 Å². The minimum atomic E-state index is -0.104. The van der Waals surface area contributed by atoms with Crippen LogP contribution in [0.3, 0.4) is 0 Å². The summed E-state index contributed by atoms with van der Waals surface area (Å²) in [4.78, 5) is 0. The molecule has 0 aliphatic heterocycles. The molecule has 1 heteroatoms. The van der Waals surface area contributed by atoms with E-state index in [9.17, 15) is 5.11 Å². The van der Waals surface area contributed by atoms with Crippen LogP contribution in [0.2, 0.25) is 0 Å². The van der Waals surface area contributed by atoms with Gasteiger partial charge in [0.2, 0.25) is 0 Å². The summed E-state index contributed by atoms with van der Waals surface area (Å²) in [5, 5.41) is 9.64. The Morgan fingerprint density at radius 3 is 2.42 bits per heavy atom.